The summed E-state index contributed by atoms with van der Waals surface area (Å²) in [6.07, 6.45) is 0.913. The van der Waals surface area contributed by atoms with Gasteiger partial charge in [-0.25, -0.2) is 0 Å². The number of hydrogen-bond acceptors (Lipinski definition) is 3. The van der Waals surface area contributed by atoms with Crippen LogP contribution in [0.4, 0.5) is 0 Å². The van der Waals surface area contributed by atoms with Crippen LogP contribution in [0.1, 0.15) is 12.0 Å². The fourth-order valence-electron chi connectivity index (χ4n) is 1.94. The Morgan fingerprint density at radius 3 is 2.60 bits per heavy atom. The lowest BCUT2D eigenvalue weighted by atomic mass is 10.0. The Morgan fingerprint density at radius 2 is 1.80 bits per heavy atom. The van der Waals surface area contributed by atoms with Gasteiger partial charge in [-0.2, -0.15) is 5.26 Å². The lowest BCUT2D eigenvalue weighted by molar-refractivity contribution is 0.122. The molecule has 0 saturated heterocycles. The van der Waals surface area contributed by atoms with Gasteiger partial charge in [0.05, 0.1) is 6.61 Å². The van der Waals surface area contributed by atoms with E-state index in [0.29, 0.717) is 13.2 Å². The van der Waals surface area contributed by atoms with Crippen molar-refractivity contribution in [2.24, 2.45) is 0 Å². The summed E-state index contributed by atoms with van der Waals surface area (Å²) in [5, 5.41) is 10.5. The smallest absolute Gasteiger partial charge is 0.133 e. The highest BCUT2D eigenvalue weighted by Gasteiger charge is 1.99. The molecule has 0 atom stereocenters. The van der Waals surface area contributed by atoms with Crippen LogP contribution in [-0.4, -0.2) is 12.4 Å². The molecule has 0 aromatic heterocycles. The summed E-state index contributed by atoms with van der Waals surface area (Å²) in [5.74, 6) is 0.834. The highest BCUT2D eigenvalue weighted by Crippen LogP contribution is 2.20. The number of rotatable bonds is 7. The second-order valence-electron chi connectivity index (χ2n) is 4.41. The van der Waals surface area contributed by atoms with Crippen LogP contribution in [-0.2, 0) is 11.3 Å². The molecular formula is C17H17NOS. The minimum atomic E-state index is 0.623. The Morgan fingerprint density at radius 1 is 1.00 bits per heavy atom. The molecule has 0 N–H and O–H groups in total. The van der Waals surface area contributed by atoms with Crippen molar-refractivity contribution in [2.45, 2.75) is 13.0 Å². The van der Waals surface area contributed by atoms with Crippen molar-refractivity contribution in [2.75, 3.05) is 12.4 Å². The van der Waals surface area contributed by atoms with Crippen LogP contribution in [0.25, 0.3) is 11.1 Å². The van der Waals surface area contributed by atoms with Gasteiger partial charge in [-0.15, -0.1) is 0 Å². The molecule has 0 fully saturated rings. The highest BCUT2D eigenvalue weighted by atomic mass is 32.2. The van der Waals surface area contributed by atoms with Crippen LogP contribution in [0.2, 0.25) is 0 Å². The van der Waals surface area contributed by atoms with Crippen LogP contribution in [0.3, 0.4) is 0 Å². The average molecular weight is 283 g/mol. The van der Waals surface area contributed by atoms with E-state index in [1.165, 1.54) is 28.5 Å². The first-order valence-corrected chi connectivity index (χ1v) is 7.61. The zero-order chi connectivity index (χ0) is 14.0. The minimum Gasteiger partial charge on any atom is -0.377 e. The SMILES string of the molecule is N#CSCCCOCc1cccc(-c2ccccc2)c1. The Bertz CT molecular complexity index is 563. The Labute approximate surface area is 124 Å². The van der Waals surface area contributed by atoms with Crippen LogP contribution in [0, 0.1) is 10.7 Å². The molecule has 3 heteroatoms. The molecule has 0 radical (unpaired) electrons. The quantitative estimate of drug-likeness (QED) is 0.555. The van der Waals surface area contributed by atoms with Gasteiger partial charge in [-0.05, 0) is 40.9 Å². The molecule has 0 aliphatic heterocycles. The third kappa shape index (κ3) is 4.73. The van der Waals surface area contributed by atoms with Gasteiger partial charge in [0.15, 0.2) is 0 Å². The van der Waals surface area contributed by atoms with E-state index >= 15 is 0 Å². The van der Waals surface area contributed by atoms with E-state index in [1.807, 2.05) is 18.2 Å². The number of nitriles is 1. The molecule has 2 rings (SSSR count). The van der Waals surface area contributed by atoms with Crippen LogP contribution in [0.5, 0.6) is 0 Å². The first-order chi connectivity index (χ1) is 9.90. The van der Waals surface area contributed by atoms with E-state index in [4.69, 9.17) is 10.00 Å². The highest BCUT2D eigenvalue weighted by molar-refractivity contribution is 8.03. The standard InChI is InChI=1S/C17H17NOS/c18-14-20-11-5-10-19-13-15-6-4-9-17(12-15)16-7-2-1-3-8-16/h1-4,6-9,12H,5,10-11,13H2. The minimum absolute atomic E-state index is 0.623. The summed E-state index contributed by atoms with van der Waals surface area (Å²) >= 11 is 1.28. The van der Waals surface area contributed by atoms with Crippen molar-refractivity contribution in [3.05, 3.63) is 60.2 Å². The molecule has 0 amide bonds. The summed E-state index contributed by atoms with van der Waals surface area (Å²) in [5.41, 5.74) is 3.62. The zero-order valence-electron chi connectivity index (χ0n) is 11.3. The van der Waals surface area contributed by atoms with Crippen molar-refractivity contribution < 1.29 is 4.74 Å². The predicted molar refractivity (Wildman–Crippen MR) is 84.2 cm³/mol. The van der Waals surface area contributed by atoms with Gasteiger partial charge in [0.2, 0.25) is 0 Å². The molecule has 0 aliphatic rings. The van der Waals surface area contributed by atoms with Gasteiger partial charge in [0.25, 0.3) is 0 Å². The van der Waals surface area contributed by atoms with E-state index in [9.17, 15) is 0 Å². The van der Waals surface area contributed by atoms with E-state index in [1.54, 1.807) is 0 Å². The Balaban J connectivity index is 1.86. The zero-order valence-corrected chi connectivity index (χ0v) is 12.1. The second kappa shape index (κ2) is 8.42. The molecule has 102 valence electrons. The molecule has 0 spiro atoms. The maximum atomic E-state index is 8.41. The summed E-state index contributed by atoms with van der Waals surface area (Å²) in [4.78, 5) is 0. The number of ether oxygens (including phenoxy) is 1. The van der Waals surface area contributed by atoms with E-state index in [2.05, 4.69) is 41.8 Å². The summed E-state index contributed by atoms with van der Waals surface area (Å²) < 4.78 is 5.63. The van der Waals surface area contributed by atoms with Crippen molar-refractivity contribution in [3.63, 3.8) is 0 Å². The summed E-state index contributed by atoms with van der Waals surface area (Å²) in [6, 6.07) is 18.8. The Hall–Kier alpha value is -1.76. The van der Waals surface area contributed by atoms with Crippen LogP contribution < -0.4 is 0 Å². The average Bonchev–Trinajstić information content (AvgIpc) is 2.52. The second-order valence-corrected chi connectivity index (χ2v) is 5.29. The Kier molecular flexibility index (Phi) is 6.16. The predicted octanol–water partition coefficient (Wildman–Crippen LogP) is 4.47. The number of nitrogens with zero attached hydrogens (tertiary/aromatic N) is 1. The molecular weight excluding hydrogens is 266 g/mol. The molecule has 0 bridgehead atoms. The van der Waals surface area contributed by atoms with Crippen molar-refractivity contribution in [1.82, 2.24) is 0 Å². The molecule has 0 unspecified atom stereocenters. The number of thioether (sulfide) groups is 1. The number of benzene rings is 2. The van der Waals surface area contributed by atoms with Crippen LogP contribution in [0.15, 0.2) is 54.6 Å². The molecule has 0 saturated carbocycles. The molecule has 2 nitrogen and oxygen atoms in total. The molecule has 0 aliphatic carbocycles. The van der Waals surface area contributed by atoms with E-state index in [0.717, 1.165) is 12.2 Å². The maximum Gasteiger partial charge on any atom is 0.133 e. The fraction of sp³-hybridized carbons (Fsp3) is 0.235. The third-order valence-corrected chi connectivity index (χ3v) is 3.52. The van der Waals surface area contributed by atoms with Crippen molar-refractivity contribution >= 4 is 11.8 Å². The molecule has 2 aromatic rings. The first-order valence-electron chi connectivity index (χ1n) is 6.63. The van der Waals surface area contributed by atoms with Gasteiger partial charge in [-0.3, -0.25) is 0 Å². The lowest BCUT2D eigenvalue weighted by Gasteiger charge is -2.06. The molecule has 2 aromatic carbocycles. The molecule has 20 heavy (non-hydrogen) atoms. The monoisotopic (exact) mass is 283 g/mol. The van der Waals surface area contributed by atoms with Gasteiger partial charge in [0, 0.05) is 12.4 Å². The van der Waals surface area contributed by atoms with Gasteiger partial charge >= 0.3 is 0 Å². The number of thiocyanates is 1. The van der Waals surface area contributed by atoms with Crippen molar-refractivity contribution in [3.8, 4) is 16.5 Å². The van der Waals surface area contributed by atoms with Crippen LogP contribution >= 0.6 is 11.8 Å². The van der Waals surface area contributed by atoms with Crippen molar-refractivity contribution in [1.29, 1.82) is 5.26 Å². The largest absolute Gasteiger partial charge is 0.377 e. The van der Waals surface area contributed by atoms with Gasteiger partial charge < -0.3 is 4.74 Å². The summed E-state index contributed by atoms with van der Waals surface area (Å²) in [6.45, 7) is 1.32. The van der Waals surface area contributed by atoms with E-state index < -0.39 is 0 Å². The normalized spacial score (nSPS) is 10.2. The number of hydrogen-bond donors (Lipinski definition) is 0. The van der Waals surface area contributed by atoms with Gasteiger partial charge in [0.1, 0.15) is 5.40 Å². The fourth-order valence-corrected chi connectivity index (χ4v) is 2.29. The third-order valence-electron chi connectivity index (χ3n) is 2.90. The maximum absolute atomic E-state index is 8.41. The first kappa shape index (κ1) is 14.6. The lowest BCUT2D eigenvalue weighted by Crippen LogP contribution is -1.96. The topological polar surface area (TPSA) is 33.0 Å². The molecule has 0 heterocycles. The summed E-state index contributed by atoms with van der Waals surface area (Å²) in [7, 11) is 0. The van der Waals surface area contributed by atoms with Gasteiger partial charge in [-0.1, -0.05) is 48.5 Å². The van der Waals surface area contributed by atoms with E-state index in [-0.39, 0.29) is 0 Å².